The van der Waals surface area contributed by atoms with Gasteiger partial charge in [-0.15, -0.1) is 5.10 Å². The Balaban J connectivity index is 1.61. The first kappa shape index (κ1) is 21.6. The largest absolute Gasteiger partial charge is 0.467 e. The Bertz CT molecular complexity index is 1210. The number of carbonyl (C=O) groups is 1. The van der Waals surface area contributed by atoms with Crippen molar-refractivity contribution in [2.75, 3.05) is 0 Å². The minimum Gasteiger partial charge on any atom is -0.467 e. The van der Waals surface area contributed by atoms with Crippen molar-refractivity contribution in [3.8, 4) is 0 Å². The minimum absolute atomic E-state index is 0.114. The fourth-order valence-electron chi connectivity index (χ4n) is 3.21. The number of benzene rings is 2. The molecule has 1 aromatic heterocycles. The van der Waals surface area contributed by atoms with E-state index in [4.69, 9.17) is 4.42 Å². The maximum atomic E-state index is 13.2. The predicted molar refractivity (Wildman–Crippen MR) is 131 cm³/mol. The number of thioether (sulfide) groups is 1. The summed E-state index contributed by atoms with van der Waals surface area (Å²) in [5.74, 6) is 0.574. The number of hydrogen-bond donors (Lipinski definition) is 0. The van der Waals surface area contributed by atoms with Crippen LogP contribution in [0.15, 0.2) is 104 Å². The lowest BCUT2D eigenvalue weighted by Crippen LogP contribution is -2.28. The molecule has 1 aliphatic heterocycles. The molecule has 0 atom stereocenters. The van der Waals surface area contributed by atoms with Crippen molar-refractivity contribution in [1.29, 1.82) is 0 Å². The van der Waals surface area contributed by atoms with Gasteiger partial charge in [0.15, 0.2) is 5.17 Å². The number of amides is 1. The molecular formula is C26H23N3O2S. The van der Waals surface area contributed by atoms with Crippen molar-refractivity contribution in [3.63, 3.8) is 0 Å². The third-order valence-corrected chi connectivity index (χ3v) is 5.86. The fraction of sp³-hybridized carbons (Fsp3) is 0.115. The molecule has 2 aromatic carbocycles. The molecule has 3 aromatic rings. The summed E-state index contributed by atoms with van der Waals surface area (Å²) < 4.78 is 5.45. The molecule has 0 spiro atoms. The number of nitrogens with zero attached hydrogens (tertiary/aromatic N) is 3. The van der Waals surface area contributed by atoms with Gasteiger partial charge in [0.25, 0.3) is 5.91 Å². The van der Waals surface area contributed by atoms with Crippen LogP contribution in [0.1, 0.15) is 29.4 Å². The number of hydrogen-bond acceptors (Lipinski definition) is 5. The number of allylic oxidation sites excluding steroid dienone is 2. The van der Waals surface area contributed by atoms with Crippen molar-refractivity contribution in [1.82, 2.24) is 4.90 Å². The second-order valence-corrected chi connectivity index (χ2v) is 8.37. The number of aryl methyl sites for hydroxylation is 1. The minimum atomic E-state index is -0.114. The quantitative estimate of drug-likeness (QED) is 0.266. The Morgan fingerprint density at radius 3 is 2.59 bits per heavy atom. The summed E-state index contributed by atoms with van der Waals surface area (Å²) in [4.78, 5) is 15.4. The number of furan rings is 1. The van der Waals surface area contributed by atoms with Crippen LogP contribution in [0.5, 0.6) is 0 Å². The molecule has 1 fully saturated rings. The van der Waals surface area contributed by atoms with E-state index in [2.05, 4.69) is 10.2 Å². The summed E-state index contributed by atoms with van der Waals surface area (Å²) in [7, 11) is 0. The molecule has 1 saturated heterocycles. The van der Waals surface area contributed by atoms with E-state index >= 15 is 0 Å². The fourth-order valence-corrected chi connectivity index (χ4v) is 4.20. The van der Waals surface area contributed by atoms with E-state index in [0.717, 1.165) is 22.3 Å². The highest BCUT2D eigenvalue weighted by Crippen LogP contribution is 2.33. The van der Waals surface area contributed by atoms with Gasteiger partial charge in [0.05, 0.1) is 23.9 Å². The second-order valence-electron chi connectivity index (χ2n) is 7.36. The zero-order valence-corrected chi connectivity index (χ0v) is 18.8. The molecule has 160 valence electrons. The molecule has 6 heteroatoms. The smallest absolute Gasteiger partial charge is 0.267 e. The maximum Gasteiger partial charge on any atom is 0.267 e. The Kier molecular flexibility index (Phi) is 6.82. The maximum absolute atomic E-state index is 13.2. The van der Waals surface area contributed by atoms with Crippen LogP contribution in [-0.2, 0) is 11.3 Å². The van der Waals surface area contributed by atoms with Crippen molar-refractivity contribution >= 4 is 35.1 Å². The summed E-state index contributed by atoms with van der Waals surface area (Å²) >= 11 is 1.32. The van der Waals surface area contributed by atoms with E-state index in [1.165, 1.54) is 11.8 Å². The van der Waals surface area contributed by atoms with Crippen LogP contribution in [0.3, 0.4) is 0 Å². The van der Waals surface area contributed by atoms with Gasteiger partial charge >= 0.3 is 0 Å². The standard InChI is InChI=1S/C26H23N3O2S/c1-19(15-21-10-4-3-5-11-21)16-24-25(30)29(18-23-13-8-14-31-23)26(32-24)28-27-17-22-12-7-6-9-20(22)2/h3-17H,18H2,1-2H3/b19-15+,24-16-,27-17+,28-26-. The molecule has 0 saturated carbocycles. The lowest BCUT2D eigenvalue weighted by molar-refractivity contribution is -0.122. The van der Waals surface area contributed by atoms with E-state index in [0.29, 0.717) is 22.4 Å². The van der Waals surface area contributed by atoms with E-state index in [1.807, 2.05) is 86.7 Å². The van der Waals surface area contributed by atoms with E-state index in [1.54, 1.807) is 23.4 Å². The zero-order chi connectivity index (χ0) is 22.3. The molecule has 0 radical (unpaired) electrons. The van der Waals surface area contributed by atoms with Crippen molar-refractivity contribution in [2.24, 2.45) is 10.2 Å². The van der Waals surface area contributed by atoms with Gasteiger partial charge in [-0.3, -0.25) is 9.69 Å². The van der Waals surface area contributed by atoms with Gasteiger partial charge in [0, 0.05) is 0 Å². The van der Waals surface area contributed by atoms with Crippen LogP contribution >= 0.6 is 11.8 Å². The lowest BCUT2D eigenvalue weighted by Gasteiger charge is -2.12. The summed E-state index contributed by atoms with van der Waals surface area (Å²) in [5.41, 5.74) is 4.17. The monoisotopic (exact) mass is 441 g/mol. The number of carbonyl (C=O) groups excluding carboxylic acids is 1. The van der Waals surface area contributed by atoms with Crippen LogP contribution in [0.25, 0.3) is 6.08 Å². The highest BCUT2D eigenvalue weighted by Gasteiger charge is 2.34. The summed E-state index contributed by atoms with van der Waals surface area (Å²) in [6, 6.07) is 21.6. The molecule has 0 N–H and O–H groups in total. The highest BCUT2D eigenvalue weighted by molar-refractivity contribution is 8.18. The number of rotatable bonds is 6. The van der Waals surface area contributed by atoms with E-state index in [-0.39, 0.29) is 5.91 Å². The van der Waals surface area contributed by atoms with Gasteiger partial charge in [-0.25, -0.2) is 0 Å². The van der Waals surface area contributed by atoms with Crippen molar-refractivity contribution < 1.29 is 9.21 Å². The van der Waals surface area contributed by atoms with Crippen LogP contribution < -0.4 is 0 Å². The van der Waals surface area contributed by atoms with Crippen molar-refractivity contribution in [3.05, 3.63) is 112 Å². The molecule has 2 heterocycles. The molecule has 5 nitrogen and oxygen atoms in total. The SMILES string of the molecule is CC(/C=C1\S/C(=N\N=C\c2ccccc2C)N(Cc2ccco2)C1=O)=C\c1ccccc1. The Morgan fingerprint density at radius 2 is 1.84 bits per heavy atom. The van der Waals surface area contributed by atoms with Crippen LogP contribution in [0.2, 0.25) is 0 Å². The molecule has 0 unspecified atom stereocenters. The molecule has 0 aliphatic carbocycles. The highest BCUT2D eigenvalue weighted by atomic mass is 32.2. The molecular weight excluding hydrogens is 418 g/mol. The van der Waals surface area contributed by atoms with Gasteiger partial charge in [0.2, 0.25) is 0 Å². The zero-order valence-electron chi connectivity index (χ0n) is 17.9. The van der Waals surface area contributed by atoms with E-state index < -0.39 is 0 Å². The van der Waals surface area contributed by atoms with Gasteiger partial charge in [-0.1, -0.05) is 60.7 Å². The topological polar surface area (TPSA) is 58.2 Å². The van der Waals surface area contributed by atoms with E-state index in [9.17, 15) is 4.79 Å². The second kappa shape index (κ2) is 10.1. The molecule has 1 aliphatic rings. The molecule has 1 amide bonds. The average Bonchev–Trinajstić information content (AvgIpc) is 3.40. The van der Waals surface area contributed by atoms with Crippen molar-refractivity contribution in [2.45, 2.75) is 20.4 Å². The first-order valence-corrected chi connectivity index (χ1v) is 11.1. The van der Waals surface area contributed by atoms with Gasteiger partial charge in [0.1, 0.15) is 5.76 Å². The summed E-state index contributed by atoms with van der Waals surface area (Å²) in [6.45, 7) is 4.31. The molecule has 4 rings (SSSR count). The lowest BCUT2D eigenvalue weighted by atomic mass is 10.1. The summed E-state index contributed by atoms with van der Waals surface area (Å²) in [6.07, 6.45) is 7.24. The van der Waals surface area contributed by atoms with Gasteiger partial charge < -0.3 is 4.42 Å². The Labute approximate surface area is 191 Å². The molecule has 32 heavy (non-hydrogen) atoms. The number of amidine groups is 1. The van der Waals surface area contributed by atoms with Crippen LogP contribution in [0.4, 0.5) is 0 Å². The summed E-state index contributed by atoms with van der Waals surface area (Å²) in [5, 5.41) is 9.14. The van der Waals surface area contributed by atoms with Gasteiger partial charge in [-0.05, 0) is 66.1 Å². The third-order valence-electron chi connectivity index (χ3n) is 4.86. The third kappa shape index (κ3) is 5.34. The van der Waals surface area contributed by atoms with Crippen LogP contribution in [-0.4, -0.2) is 22.2 Å². The first-order chi connectivity index (χ1) is 15.6. The first-order valence-electron chi connectivity index (χ1n) is 10.2. The average molecular weight is 442 g/mol. The Hall–Kier alpha value is -3.64. The molecule has 0 bridgehead atoms. The normalized spacial score (nSPS) is 17.2. The predicted octanol–water partition coefficient (Wildman–Crippen LogP) is 6.04. The van der Waals surface area contributed by atoms with Gasteiger partial charge in [-0.2, -0.15) is 5.10 Å². The van der Waals surface area contributed by atoms with Crippen LogP contribution in [0, 0.1) is 6.92 Å². The Morgan fingerprint density at radius 1 is 1.06 bits per heavy atom.